The molecule has 0 saturated heterocycles. The minimum atomic E-state index is -0.288. The highest BCUT2D eigenvalue weighted by Crippen LogP contribution is 2.11. The fraction of sp³-hybridized carbons (Fsp3) is 0.235. The summed E-state index contributed by atoms with van der Waals surface area (Å²) in [4.78, 5) is 29.3. The molecule has 118 valence electrons. The third-order valence-corrected chi connectivity index (χ3v) is 4.33. The molecule has 0 amide bonds. The summed E-state index contributed by atoms with van der Waals surface area (Å²) in [7, 11) is 0. The van der Waals surface area contributed by atoms with Crippen LogP contribution in [0.1, 0.15) is 22.6 Å². The molecule has 0 aliphatic rings. The number of rotatable bonds is 5. The number of pyridine rings is 1. The van der Waals surface area contributed by atoms with Gasteiger partial charge in [0.1, 0.15) is 12.3 Å². The number of fused-ring (bicyclic) bond motifs is 1. The Labute approximate surface area is 137 Å². The van der Waals surface area contributed by atoms with Gasteiger partial charge in [-0.2, -0.15) is 0 Å². The van der Waals surface area contributed by atoms with Crippen LogP contribution < -0.4 is 5.56 Å². The van der Waals surface area contributed by atoms with Crippen molar-refractivity contribution in [2.45, 2.75) is 26.4 Å². The van der Waals surface area contributed by atoms with Gasteiger partial charge in [0.15, 0.2) is 0 Å². The van der Waals surface area contributed by atoms with Crippen molar-refractivity contribution >= 4 is 23.0 Å². The van der Waals surface area contributed by atoms with E-state index in [0.29, 0.717) is 24.2 Å². The van der Waals surface area contributed by atoms with Crippen LogP contribution in [0, 0.1) is 6.92 Å². The van der Waals surface area contributed by atoms with Gasteiger partial charge in [-0.1, -0.05) is 12.1 Å². The number of carbonyl (C=O) groups excluding carboxylic acids is 1. The van der Waals surface area contributed by atoms with E-state index in [1.807, 2.05) is 30.5 Å². The number of ether oxygens (including phenoxy) is 1. The first-order valence-electron chi connectivity index (χ1n) is 7.29. The molecular weight excluding hydrogens is 312 g/mol. The Morgan fingerprint density at radius 2 is 2.22 bits per heavy atom. The highest BCUT2D eigenvalue weighted by Gasteiger charge is 2.07. The maximum Gasteiger partial charge on any atom is 0.306 e. The summed E-state index contributed by atoms with van der Waals surface area (Å²) in [6.45, 7) is 1.93. The van der Waals surface area contributed by atoms with E-state index in [9.17, 15) is 9.59 Å². The molecule has 0 bridgehead atoms. The molecule has 0 aromatic carbocycles. The van der Waals surface area contributed by atoms with Crippen LogP contribution in [0.4, 0.5) is 0 Å². The van der Waals surface area contributed by atoms with Crippen molar-refractivity contribution in [1.82, 2.24) is 9.38 Å². The van der Waals surface area contributed by atoms with E-state index in [-0.39, 0.29) is 18.1 Å². The standard InChI is InChI=1S/C17H16N2O3S/c1-12-4-6-15-18-13(9-16(20)19(15)10-12)11-22-17(21)7-5-14-3-2-8-23-14/h2-4,6,8-10H,5,7,11H2,1H3. The van der Waals surface area contributed by atoms with Crippen molar-refractivity contribution in [3.05, 3.63) is 68.4 Å². The van der Waals surface area contributed by atoms with Crippen molar-refractivity contribution in [2.24, 2.45) is 0 Å². The summed E-state index contributed by atoms with van der Waals surface area (Å²) in [5, 5.41) is 1.98. The maximum absolute atomic E-state index is 12.1. The molecule has 0 atom stereocenters. The van der Waals surface area contributed by atoms with Crippen molar-refractivity contribution < 1.29 is 9.53 Å². The molecule has 0 N–H and O–H groups in total. The quantitative estimate of drug-likeness (QED) is 0.676. The zero-order chi connectivity index (χ0) is 16.2. The van der Waals surface area contributed by atoms with Crippen LogP contribution >= 0.6 is 11.3 Å². The second-order valence-electron chi connectivity index (χ2n) is 5.26. The number of carbonyl (C=O) groups is 1. The predicted molar refractivity (Wildman–Crippen MR) is 88.6 cm³/mol. The van der Waals surface area contributed by atoms with Gasteiger partial charge in [0, 0.05) is 17.1 Å². The van der Waals surface area contributed by atoms with E-state index >= 15 is 0 Å². The minimum absolute atomic E-state index is 0.0168. The van der Waals surface area contributed by atoms with Gasteiger partial charge in [0.2, 0.25) is 0 Å². The SMILES string of the molecule is Cc1ccc2nc(COC(=O)CCc3cccs3)cc(=O)n2c1. The number of aromatic nitrogens is 2. The second-order valence-corrected chi connectivity index (χ2v) is 6.29. The predicted octanol–water partition coefficient (Wildman–Crippen LogP) is 2.74. The Morgan fingerprint density at radius 3 is 3.00 bits per heavy atom. The lowest BCUT2D eigenvalue weighted by Gasteiger charge is -2.06. The second kappa shape index (κ2) is 6.75. The number of hydrogen-bond donors (Lipinski definition) is 0. The van der Waals surface area contributed by atoms with E-state index in [0.717, 1.165) is 10.4 Å². The van der Waals surface area contributed by atoms with E-state index in [1.54, 1.807) is 23.6 Å². The summed E-state index contributed by atoms with van der Waals surface area (Å²) in [6.07, 6.45) is 2.73. The zero-order valence-electron chi connectivity index (χ0n) is 12.7. The molecule has 0 aliphatic heterocycles. The number of aryl methyl sites for hydroxylation is 2. The first kappa shape index (κ1) is 15.4. The van der Waals surface area contributed by atoms with Crippen LogP contribution in [0.15, 0.2) is 46.7 Å². The highest BCUT2D eigenvalue weighted by molar-refractivity contribution is 7.09. The summed E-state index contributed by atoms with van der Waals surface area (Å²) in [5.74, 6) is -0.288. The third kappa shape index (κ3) is 3.84. The van der Waals surface area contributed by atoms with Crippen molar-refractivity contribution in [2.75, 3.05) is 0 Å². The molecule has 3 rings (SSSR count). The molecule has 6 heteroatoms. The number of hydrogen-bond acceptors (Lipinski definition) is 5. The lowest BCUT2D eigenvalue weighted by atomic mass is 10.3. The molecule has 3 heterocycles. The van der Waals surface area contributed by atoms with Crippen LogP contribution in [-0.2, 0) is 22.6 Å². The van der Waals surface area contributed by atoms with Crippen LogP contribution in [0.3, 0.4) is 0 Å². The Kier molecular flexibility index (Phi) is 4.52. The molecule has 0 spiro atoms. The molecule has 3 aromatic heterocycles. The number of esters is 1. The molecule has 0 saturated carbocycles. The van der Waals surface area contributed by atoms with E-state index in [2.05, 4.69) is 4.98 Å². The van der Waals surface area contributed by atoms with Crippen LogP contribution in [-0.4, -0.2) is 15.4 Å². The first-order valence-corrected chi connectivity index (χ1v) is 8.17. The average Bonchev–Trinajstić information content (AvgIpc) is 3.05. The first-order chi connectivity index (χ1) is 11.1. The summed E-state index contributed by atoms with van der Waals surface area (Å²) >= 11 is 1.62. The Balaban J connectivity index is 1.64. The lowest BCUT2D eigenvalue weighted by molar-refractivity contribution is -0.145. The van der Waals surface area contributed by atoms with Gasteiger partial charge < -0.3 is 4.74 Å². The average molecular weight is 328 g/mol. The fourth-order valence-electron chi connectivity index (χ4n) is 2.24. The Hall–Kier alpha value is -2.47. The molecule has 0 fully saturated rings. The van der Waals surface area contributed by atoms with Gasteiger partial charge in [0.25, 0.3) is 5.56 Å². The molecule has 23 heavy (non-hydrogen) atoms. The maximum atomic E-state index is 12.1. The largest absolute Gasteiger partial charge is 0.459 e. The molecule has 0 unspecified atom stereocenters. The van der Waals surface area contributed by atoms with E-state index in [4.69, 9.17) is 4.74 Å². The Morgan fingerprint density at radius 1 is 1.35 bits per heavy atom. The molecule has 0 aliphatic carbocycles. The minimum Gasteiger partial charge on any atom is -0.459 e. The van der Waals surface area contributed by atoms with E-state index < -0.39 is 0 Å². The summed E-state index contributed by atoms with van der Waals surface area (Å²) in [6, 6.07) is 9.02. The van der Waals surface area contributed by atoms with Gasteiger partial charge in [0.05, 0.1) is 12.1 Å². The van der Waals surface area contributed by atoms with Gasteiger partial charge >= 0.3 is 5.97 Å². The fourth-order valence-corrected chi connectivity index (χ4v) is 2.95. The number of thiophene rings is 1. The van der Waals surface area contributed by atoms with Crippen molar-refractivity contribution in [1.29, 1.82) is 0 Å². The topological polar surface area (TPSA) is 60.7 Å². The summed E-state index contributed by atoms with van der Waals surface area (Å²) in [5.41, 5.74) is 1.81. The smallest absolute Gasteiger partial charge is 0.306 e. The lowest BCUT2D eigenvalue weighted by Crippen LogP contribution is -2.17. The van der Waals surface area contributed by atoms with Gasteiger partial charge in [-0.15, -0.1) is 11.3 Å². The molecule has 5 nitrogen and oxygen atoms in total. The van der Waals surface area contributed by atoms with Crippen molar-refractivity contribution in [3.63, 3.8) is 0 Å². The highest BCUT2D eigenvalue weighted by atomic mass is 32.1. The van der Waals surface area contributed by atoms with Gasteiger partial charge in [-0.05, 0) is 36.4 Å². The monoisotopic (exact) mass is 328 g/mol. The van der Waals surface area contributed by atoms with Crippen LogP contribution in [0.5, 0.6) is 0 Å². The molecular formula is C17H16N2O3S. The molecule has 0 radical (unpaired) electrons. The van der Waals surface area contributed by atoms with Crippen LogP contribution in [0.2, 0.25) is 0 Å². The van der Waals surface area contributed by atoms with Gasteiger partial charge in [-0.3, -0.25) is 14.0 Å². The molecule has 3 aromatic rings. The van der Waals surface area contributed by atoms with Crippen LogP contribution in [0.25, 0.3) is 5.65 Å². The normalized spacial score (nSPS) is 10.8. The third-order valence-electron chi connectivity index (χ3n) is 3.40. The number of nitrogens with zero attached hydrogens (tertiary/aromatic N) is 2. The van der Waals surface area contributed by atoms with Gasteiger partial charge in [-0.25, -0.2) is 4.98 Å². The zero-order valence-corrected chi connectivity index (χ0v) is 13.5. The Bertz CT molecular complexity index is 884. The van der Waals surface area contributed by atoms with Crippen molar-refractivity contribution in [3.8, 4) is 0 Å². The van der Waals surface area contributed by atoms with E-state index in [1.165, 1.54) is 10.5 Å². The summed E-state index contributed by atoms with van der Waals surface area (Å²) < 4.78 is 6.69.